The third-order valence-electron chi connectivity index (χ3n) is 4.05. The van der Waals surface area contributed by atoms with Gasteiger partial charge in [0.25, 0.3) is 0 Å². The number of carboxylic acids is 1. The first-order valence-corrected chi connectivity index (χ1v) is 8.72. The largest absolute Gasteiger partial charge is 0.493 e. The highest BCUT2D eigenvalue weighted by Crippen LogP contribution is 2.32. The molecule has 28 heavy (non-hydrogen) atoms. The molecule has 0 radical (unpaired) electrons. The van der Waals surface area contributed by atoms with Crippen LogP contribution in [0.1, 0.15) is 40.0 Å². The molecule has 0 spiro atoms. The molecule has 0 amide bonds. The van der Waals surface area contributed by atoms with Gasteiger partial charge in [0.05, 0.1) is 26.4 Å². The van der Waals surface area contributed by atoms with Crippen LogP contribution < -0.4 is 4.74 Å². The van der Waals surface area contributed by atoms with Gasteiger partial charge in [0, 0.05) is 6.42 Å². The summed E-state index contributed by atoms with van der Waals surface area (Å²) < 4.78 is 15.4. The Morgan fingerprint density at radius 2 is 1.64 bits per heavy atom. The number of rotatable bonds is 9. The van der Waals surface area contributed by atoms with Crippen molar-refractivity contribution >= 4 is 17.9 Å². The second-order valence-electron chi connectivity index (χ2n) is 5.94. The Balaban J connectivity index is 2.33. The van der Waals surface area contributed by atoms with Crippen molar-refractivity contribution < 1.29 is 33.7 Å². The zero-order chi connectivity index (χ0) is 20.5. The standard InChI is InChI=1S/C21H22O7/c1-26-20(24)15-8-5-7-14(13-15)16-9-6-10-17(19(16)21(25)27-2)28-12-4-3-11-18(22)23/h5-10,13H,3-4,11-12H2,1-2H3,(H,22,23). The van der Waals surface area contributed by atoms with Gasteiger partial charge in [-0.05, 0) is 42.2 Å². The number of hydrogen-bond donors (Lipinski definition) is 1. The third kappa shape index (κ3) is 5.33. The Labute approximate surface area is 162 Å². The molecular formula is C21H22O7. The highest BCUT2D eigenvalue weighted by Gasteiger charge is 2.20. The van der Waals surface area contributed by atoms with Crippen LogP contribution in [0.5, 0.6) is 5.75 Å². The van der Waals surface area contributed by atoms with Gasteiger partial charge in [-0.3, -0.25) is 4.79 Å². The molecule has 7 nitrogen and oxygen atoms in total. The van der Waals surface area contributed by atoms with Crippen molar-refractivity contribution in [3.63, 3.8) is 0 Å². The molecule has 2 aromatic rings. The summed E-state index contributed by atoms with van der Waals surface area (Å²) in [5.41, 5.74) is 1.79. The predicted molar refractivity (Wildman–Crippen MR) is 102 cm³/mol. The van der Waals surface area contributed by atoms with Crippen LogP contribution in [0.25, 0.3) is 11.1 Å². The molecule has 0 unspecified atom stereocenters. The lowest BCUT2D eigenvalue weighted by atomic mass is 9.97. The molecule has 0 saturated carbocycles. The molecule has 0 aliphatic carbocycles. The number of esters is 2. The topological polar surface area (TPSA) is 99.1 Å². The minimum atomic E-state index is -0.859. The fourth-order valence-electron chi connectivity index (χ4n) is 2.70. The van der Waals surface area contributed by atoms with E-state index in [2.05, 4.69) is 0 Å². The maximum atomic E-state index is 12.4. The number of benzene rings is 2. The highest BCUT2D eigenvalue weighted by atomic mass is 16.5. The lowest BCUT2D eigenvalue weighted by Crippen LogP contribution is -2.09. The van der Waals surface area contributed by atoms with E-state index in [0.29, 0.717) is 35.3 Å². The molecular weight excluding hydrogens is 364 g/mol. The van der Waals surface area contributed by atoms with E-state index >= 15 is 0 Å². The van der Waals surface area contributed by atoms with E-state index in [9.17, 15) is 14.4 Å². The molecule has 0 fully saturated rings. The smallest absolute Gasteiger partial charge is 0.342 e. The molecule has 1 N–H and O–H groups in total. The van der Waals surface area contributed by atoms with E-state index in [1.54, 1.807) is 42.5 Å². The van der Waals surface area contributed by atoms with E-state index < -0.39 is 17.9 Å². The van der Waals surface area contributed by atoms with Crippen LogP contribution in [-0.4, -0.2) is 43.8 Å². The second-order valence-corrected chi connectivity index (χ2v) is 5.94. The number of unbranched alkanes of at least 4 members (excludes halogenated alkanes) is 1. The number of methoxy groups -OCH3 is 2. The Hall–Kier alpha value is -3.35. The van der Waals surface area contributed by atoms with Gasteiger partial charge in [-0.1, -0.05) is 24.3 Å². The Bertz CT molecular complexity index is 858. The van der Waals surface area contributed by atoms with E-state index in [4.69, 9.17) is 19.3 Å². The summed E-state index contributed by atoms with van der Waals surface area (Å²) in [5, 5.41) is 8.69. The van der Waals surface area contributed by atoms with Crippen LogP contribution >= 0.6 is 0 Å². The highest BCUT2D eigenvalue weighted by molar-refractivity contribution is 6.01. The zero-order valence-corrected chi connectivity index (χ0v) is 15.8. The molecule has 0 aromatic heterocycles. The van der Waals surface area contributed by atoms with Crippen molar-refractivity contribution in [3.05, 3.63) is 53.6 Å². The van der Waals surface area contributed by atoms with Crippen LogP contribution in [-0.2, 0) is 14.3 Å². The molecule has 0 bridgehead atoms. The van der Waals surface area contributed by atoms with Crippen LogP contribution in [0, 0.1) is 0 Å². The lowest BCUT2D eigenvalue weighted by molar-refractivity contribution is -0.137. The van der Waals surface area contributed by atoms with E-state index in [-0.39, 0.29) is 18.6 Å². The van der Waals surface area contributed by atoms with Gasteiger partial charge in [0.1, 0.15) is 11.3 Å². The molecule has 7 heteroatoms. The Morgan fingerprint density at radius 3 is 2.32 bits per heavy atom. The van der Waals surface area contributed by atoms with E-state index in [1.807, 2.05) is 0 Å². The van der Waals surface area contributed by atoms with Gasteiger partial charge in [0.2, 0.25) is 0 Å². The summed E-state index contributed by atoms with van der Waals surface area (Å²) in [6.07, 6.45) is 1.08. The van der Waals surface area contributed by atoms with Gasteiger partial charge < -0.3 is 19.3 Å². The van der Waals surface area contributed by atoms with Crippen molar-refractivity contribution in [2.45, 2.75) is 19.3 Å². The summed E-state index contributed by atoms with van der Waals surface area (Å²) >= 11 is 0. The second kappa shape index (κ2) is 10.1. The molecule has 0 aliphatic heterocycles. The molecule has 148 valence electrons. The minimum Gasteiger partial charge on any atom is -0.493 e. The number of ether oxygens (including phenoxy) is 3. The van der Waals surface area contributed by atoms with Gasteiger partial charge in [-0.25, -0.2) is 9.59 Å². The van der Waals surface area contributed by atoms with Crippen molar-refractivity contribution in [2.75, 3.05) is 20.8 Å². The summed E-state index contributed by atoms with van der Waals surface area (Å²) in [7, 11) is 2.58. The maximum Gasteiger partial charge on any atom is 0.342 e. The Kier molecular flexibility index (Phi) is 7.56. The Morgan fingerprint density at radius 1 is 0.929 bits per heavy atom. The first-order chi connectivity index (χ1) is 13.5. The lowest BCUT2D eigenvalue weighted by Gasteiger charge is -2.15. The van der Waals surface area contributed by atoms with Gasteiger partial charge >= 0.3 is 17.9 Å². The van der Waals surface area contributed by atoms with Gasteiger partial charge in [0.15, 0.2) is 0 Å². The first kappa shape index (κ1) is 21.0. The van der Waals surface area contributed by atoms with Crippen molar-refractivity contribution in [3.8, 4) is 16.9 Å². The molecule has 0 atom stereocenters. The van der Waals surface area contributed by atoms with Crippen LogP contribution in [0.15, 0.2) is 42.5 Å². The molecule has 2 rings (SSSR count). The normalized spacial score (nSPS) is 10.2. The number of hydrogen-bond acceptors (Lipinski definition) is 6. The van der Waals surface area contributed by atoms with Gasteiger partial charge in [-0.15, -0.1) is 0 Å². The maximum absolute atomic E-state index is 12.4. The summed E-state index contributed by atoms with van der Waals surface area (Å²) in [6, 6.07) is 11.8. The quantitative estimate of drug-likeness (QED) is 0.519. The number of carbonyl (C=O) groups is 3. The van der Waals surface area contributed by atoms with E-state index in [1.165, 1.54) is 14.2 Å². The summed E-state index contributed by atoms with van der Waals surface area (Å²) in [4.78, 5) is 34.8. The average Bonchev–Trinajstić information content (AvgIpc) is 2.72. The predicted octanol–water partition coefficient (Wildman–Crippen LogP) is 3.56. The average molecular weight is 386 g/mol. The zero-order valence-electron chi connectivity index (χ0n) is 15.8. The molecule has 0 aliphatic rings. The van der Waals surface area contributed by atoms with Gasteiger partial charge in [-0.2, -0.15) is 0 Å². The van der Waals surface area contributed by atoms with E-state index in [0.717, 1.165) is 0 Å². The van der Waals surface area contributed by atoms with Crippen LogP contribution in [0.4, 0.5) is 0 Å². The fourth-order valence-corrected chi connectivity index (χ4v) is 2.70. The van der Waals surface area contributed by atoms with Crippen LogP contribution in [0.2, 0.25) is 0 Å². The minimum absolute atomic E-state index is 0.0631. The van der Waals surface area contributed by atoms with Crippen molar-refractivity contribution in [2.24, 2.45) is 0 Å². The molecule has 0 heterocycles. The number of carbonyl (C=O) groups excluding carboxylic acids is 2. The summed E-state index contributed by atoms with van der Waals surface area (Å²) in [5.74, 6) is -1.57. The molecule has 2 aromatic carbocycles. The SMILES string of the molecule is COC(=O)c1cccc(-c2cccc(OCCCCC(=O)O)c2C(=O)OC)c1. The van der Waals surface area contributed by atoms with Crippen molar-refractivity contribution in [1.29, 1.82) is 0 Å². The molecule has 0 saturated heterocycles. The fraction of sp³-hybridized carbons (Fsp3) is 0.286. The first-order valence-electron chi connectivity index (χ1n) is 8.72. The number of aliphatic carboxylic acids is 1. The monoisotopic (exact) mass is 386 g/mol. The van der Waals surface area contributed by atoms with Crippen LogP contribution in [0.3, 0.4) is 0 Å². The summed E-state index contributed by atoms with van der Waals surface area (Å²) in [6.45, 7) is 0.267. The number of carboxylic acid groups (broad SMARTS) is 1. The third-order valence-corrected chi connectivity index (χ3v) is 4.05. The van der Waals surface area contributed by atoms with Crippen molar-refractivity contribution in [1.82, 2.24) is 0 Å².